The van der Waals surface area contributed by atoms with E-state index >= 15 is 0 Å². The summed E-state index contributed by atoms with van der Waals surface area (Å²) in [5.74, 6) is 1.72. The van der Waals surface area contributed by atoms with E-state index in [0.717, 1.165) is 34.8 Å². The number of aromatic nitrogens is 3. The van der Waals surface area contributed by atoms with Crippen molar-refractivity contribution >= 4 is 16.9 Å². The number of anilines is 1. The fraction of sp³-hybridized carbons (Fsp3) is 0.333. The number of aryl methyl sites for hydroxylation is 1. The second kappa shape index (κ2) is 6.88. The van der Waals surface area contributed by atoms with E-state index < -0.39 is 0 Å². The number of likely N-dealkylation sites (N-methyl/N-ethyl adjacent to an activating group) is 1. The predicted molar refractivity (Wildman–Crippen MR) is 96.5 cm³/mol. The number of nitrogens with zero attached hydrogens (tertiary/aromatic N) is 3. The molecule has 6 heteroatoms. The number of methoxy groups -OCH3 is 1. The van der Waals surface area contributed by atoms with Crippen LogP contribution in [0.2, 0.25) is 0 Å². The zero-order chi connectivity index (χ0) is 17.1. The lowest BCUT2D eigenvalue weighted by molar-refractivity contribution is 0.311. The van der Waals surface area contributed by atoms with Crippen LogP contribution >= 0.6 is 0 Å². The third-order valence-corrected chi connectivity index (χ3v) is 4.15. The van der Waals surface area contributed by atoms with Crippen molar-refractivity contribution in [1.82, 2.24) is 19.9 Å². The quantitative estimate of drug-likeness (QED) is 0.729. The van der Waals surface area contributed by atoms with Gasteiger partial charge in [0.1, 0.15) is 23.5 Å². The lowest BCUT2D eigenvalue weighted by Gasteiger charge is -2.25. The molecule has 1 unspecified atom stereocenters. The van der Waals surface area contributed by atoms with Crippen LogP contribution in [0.25, 0.3) is 11.0 Å². The Kier molecular flexibility index (Phi) is 4.66. The van der Waals surface area contributed by atoms with E-state index in [9.17, 15) is 0 Å². The molecule has 0 radical (unpaired) electrons. The van der Waals surface area contributed by atoms with Crippen molar-refractivity contribution in [2.75, 3.05) is 33.1 Å². The molecule has 2 aromatic heterocycles. The van der Waals surface area contributed by atoms with E-state index in [1.54, 1.807) is 13.4 Å². The first-order valence-corrected chi connectivity index (χ1v) is 7.93. The Hall–Kier alpha value is -2.60. The summed E-state index contributed by atoms with van der Waals surface area (Å²) >= 11 is 0. The molecule has 1 atom stereocenters. The Balaban J connectivity index is 1.80. The zero-order valence-electron chi connectivity index (χ0n) is 14.5. The molecule has 0 bridgehead atoms. The Morgan fingerprint density at radius 3 is 2.62 bits per heavy atom. The molecule has 3 rings (SSSR count). The number of rotatable bonds is 6. The first-order valence-electron chi connectivity index (χ1n) is 7.93. The Labute approximate surface area is 141 Å². The molecule has 0 saturated carbocycles. The maximum absolute atomic E-state index is 5.24. The van der Waals surface area contributed by atoms with Gasteiger partial charge >= 0.3 is 0 Å². The largest absolute Gasteiger partial charge is 0.497 e. The minimum absolute atomic E-state index is 0.223. The molecular weight excluding hydrogens is 302 g/mol. The molecule has 0 spiro atoms. The fourth-order valence-corrected chi connectivity index (χ4v) is 2.83. The predicted octanol–water partition coefficient (Wildman–Crippen LogP) is 2.99. The number of aromatic amines is 1. The van der Waals surface area contributed by atoms with Gasteiger partial charge in [0.25, 0.3) is 0 Å². The van der Waals surface area contributed by atoms with Gasteiger partial charge in [0.05, 0.1) is 18.5 Å². The van der Waals surface area contributed by atoms with Gasteiger partial charge in [0, 0.05) is 12.2 Å². The minimum Gasteiger partial charge on any atom is -0.497 e. The minimum atomic E-state index is 0.223. The Bertz CT molecular complexity index is 810. The van der Waals surface area contributed by atoms with Crippen LogP contribution in [-0.2, 0) is 0 Å². The summed E-state index contributed by atoms with van der Waals surface area (Å²) in [5.41, 5.74) is 3.16. The van der Waals surface area contributed by atoms with E-state index in [2.05, 4.69) is 57.5 Å². The van der Waals surface area contributed by atoms with Crippen LogP contribution in [-0.4, -0.2) is 47.6 Å². The van der Waals surface area contributed by atoms with Crippen LogP contribution in [0.3, 0.4) is 0 Å². The molecule has 0 fully saturated rings. The molecule has 126 valence electrons. The van der Waals surface area contributed by atoms with Crippen molar-refractivity contribution in [1.29, 1.82) is 0 Å². The molecular formula is C18H23N5O. The number of benzene rings is 1. The lowest BCUT2D eigenvalue weighted by atomic mass is 10.1. The van der Waals surface area contributed by atoms with Crippen LogP contribution in [0.15, 0.2) is 36.7 Å². The lowest BCUT2D eigenvalue weighted by Crippen LogP contribution is -2.27. The Morgan fingerprint density at radius 2 is 1.96 bits per heavy atom. The van der Waals surface area contributed by atoms with Crippen molar-refractivity contribution in [3.05, 3.63) is 47.9 Å². The average Bonchev–Trinajstić information content (AvgIpc) is 2.96. The van der Waals surface area contributed by atoms with Gasteiger partial charge in [-0.15, -0.1) is 0 Å². The molecule has 0 saturated heterocycles. The van der Waals surface area contributed by atoms with Gasteiger partial charge < -0.3 is 19.9 Å². The molecule has 0 amide bonds. The van der Waals surface area contributed by atoms with Gasteiger partial charge in [-0.3, -0.25) is 0 Å². The fourth-order valence-electron chi connectivity index (χ4n) is 2.83. The van der Waals surface area contributed by atoms with E-state index in [0.29, 0.717) is 0 Å². The molecule has 1 aromatic carbocycles. The van der Waals surface area contributed by atoms with Gasteiger partial charge in [-0.2, -0.15) is 0 Å². The van der Waals surface area contributed by atoms with Gasteiger partial charge in [-0.05, 0) is 44.8 Å². The monoisotopic (exact) mass is 325 g/mol. The standard InChI is InChI=1S/C18H23N5O/c1-12-9-15-17(20-11-21-18(15)22-12)19-10-16(23(2)3)13-5-7-14(24-4)8-6-13/h5-9,11,16H,10H2,1-4H3,(H2,19,20,21,22). The normalized spacial score (nSPS) is 12.5. The third-order valence-electron chi connectivity index (χ3n) is 4.15. The van der Waals surface area contributed by atoms with Gasteiger partial charge in [0.2, 0.25) is 0 Å². The molecule has 0 aliphatic rings. The first-order chi connectivity index (χ1) is 11.6. The van der Waals surface area contributed by atoms with Crippen molar-refractivity contribution in [3.63, 3.8) is 0 Å². The van der Waals surface area contributed by atoms with Gasteiger partial charge in [-0.25, -0.2) is 9.97 Å². The molecule has 24 heavy (non-hydrogen) atoms. The summed E-state index contributed by atoms with van der Waals surface area (Å²) in [7, 11) is 5.83. The first kappa shape index (κ1) is 16.3. The SMILES string of the molecule is COc1ccc(C(CNc2ncnc3[nH]c(C)cc23)N(C)C)cc1. The summed E-state index contributed by atoms with van der Waals surface area (Å²) < 4.78 is 5.24. The van der Waals surface area contributed by atoms with E-state index in [-0.39, 0.29) is 6.04 Å². The number of ether oxygens (including phenoxy) is 1. The van der Waals surface area contributed by atoms with Crippen LogP contribution in [0, 0.1) is 6.92 Å². The van der Waals surface area contributed by atoms with Crippen LogP contribution in [0.4, 0.5) is 5.82 Å². The molecule has 3 aromatic rings. The number of hydrogen-bond donors (Lipinski definition) is 2. The second-order valence-corrected chi connectivity index (χ2v) is 6.07. The number of fused-ring (bicyclic) bond motifs is 1. The highest BCUT2D eigenvalue weighted by Crippen LogP contribution is 2.24. The van der Waals surface area contributed by atoms with Crippen LogP contribution in [0.1, 0.15) is 17.3 Å². The maximum atomic E-state index is 5.24. The molecule has 2 heterocycles. The molecule has 0 aliphatic heterocycles. The molecule has 2 N–H and O–H groups in total. The maximum Gasteiger partial charge on any atom is 0.143 e. The average molecular weight is 325 g/mol. The number of nitrogens with one attached hydrogen (secondary N) is 2. The van der Waals surface area contributed by atoms with E-state index in [4.69, 9.17) is 4.74 Å². The summed E-state index contributed by atoms with van der Waals surface area (Å²) in [6.45, 7) is 2.76. The van der Waals surface area contributed by atoms with Gasteiger partial charge in [-0.1, -0.05) is 12.1 Å². The number of hydrogen-bond acceptors (Lipinski definition) is 5. The number of H-pyrrole nitrogens is 1. The van der Waals surface area contributed by atoms with Crippen molar-refractivity contribution in [3.8, 4) is 5.75 Å². The summed E-state index contributed by atoms with van der Waals surface area (Å²) in [6, 6.07) is 10.5. The highest BCUT2D eigenvalue weighted by Gasteiger charge is 2.15. The van der Waals surface area contributed by atoms with E-state index in [1.165, 1.54) is 5.56 Å². The highest BCUT2D eigenvalue weighted by atomic mass is 16.5. The van der Waals surface area contributed by atoms with E-state index in [1.807, 2.05) is 19.1 Å². The summed E-state index contributed by atoms with van der Waals surface area (Å²) in [4.78, 5) is 14.1. The molecule has 6 nitrogen and oxygen atoms in total. The van der Waals surface area contributed by atoms with Gasteiger partial charge in [0.15, 0.2) is 0 Å². The summed E-state index contributed by atoms with van der Waals surface area (Å²) in [6.07, 6.45) is 1.58. The second-order valence-electron chi connectivity index (χ2n) is 6.07. The summed E-state index contributed by atoms with van der Waals surface area (Å²) in [5, 5.41) is 4.48. The topological polar surface area (TPSA) is 66.1 Å². The van der Waals surface area contributed by atoms with Crippen LogP contribution < -0.4 is 10.1 Å². The molecule has 0 aliphatic carbocycles. The smallest absolute Gasteiger partial charge is 0.143 e. The van der Waals surface area contributed by atoms with Crippen molar-refractivity contribution in [2.45, 2.75) is 13.0 Å². The zero-order valence-corrected chi connectivity index (χ0v) is 14.5. The third kappa shape index (κ3) is 3.33. The van der Waals surface area contributed by atoms with Crippen molar-refractivity contribution < 1.29 is 4.74 Å². The van der Waals surface area contributed by atoms with Crippen molar-refractivity contribution in [2.24, 2.45) is 0 Å². The highest BCUT2D eigenvalue weighted by molar-refractivity contribution is 5.87. The Morgan fingerprint density at radius 1 is 1.21 bits per heavy atom. The van der Waals surface area contributed by atoms with Crippen LogP contribution in [0.5, 0.6) is 5.75 Å².